The molecule has 0 aromatic carbocycles. The Morgan fingerprint density at radius 2 is 2.00 bits per heavy atom. The van der Waals surface area contributed by atoms with Crippen LogP contribution in [-0.2, 0) is 4.79 Å². The lowest BCUT2D eigenvalue weighted by Crippen LogP contribution is -1.91. The van der Waals surface area contributed by atoms with E-state index in [4.69, 9.17) is 9.77 Å². The van der Waals surface area contributed by atoms with E-state index in [1.807, 2.05) is 6.92 Å². The predicted octanol–water partition coefficient (Wildman–Crippen LogP) is 1.39. The molecule has 0 unspecified atom stereocenters. The fraction of sp³-hybridized carbons (Fsp3) is 0.800. The third-order valence-electron chi connectivity index (χ3n) is 0.744. The molecular formula is C5H11ClO3. The van der Waals surface area contributed by atoms with Gasteiger partial charge in [0.25, 0.3) is 0 Å². The first-order chi connectivity index (χ1) is 4.27. The molecular weight excluding hydrogens is 144 g/mol. The molecule has 0 saturated heterocycles. The van der Waals surface area contributed by atoms with E-state index in [0.717, 1.165) is 12.8 Å². The van der Waals surface area contributed by atoms with Gasteiger partial charge in [0, 0.05) is 6.42 Å². The number of hydrogen-bond donors (Lipinski definition) is 2. The van der Waals surface area contributed by atoms with Gasteiger partial charge in [0.1, 0.15) is 0 Å². The Balaban J connectivity index is 0. The highest BCUT2D eigenvalue weighted by atomic mass is 35.5. The molecule has 0 bridgehead atoms. The van der Waals surface area contributed by atoms with Crippen LogP contribution >= 0.6 is 11.9 Å². The summed E-state index contributed by atoms with van der Waals surface area (Å²) >= 11 is 3.64. The quantitative estimate of drug-likeness (QED) is 0.646. The molecule has 2 N–H and O–H groups in total. The van der Waals surface area contributed by atoms with Gasteiger partial charge in [-0.05, 0) is 6.42 Å². The van der Waals surface area contributed by atoms with Crippen molar-refractivity contribution in [1.82, 2.24) is 0 Å². The lowest BCUT2D eigenvalue weighted by molar-refractivity contribution is -0.137. The second-order valence-electron chi connectivity index (χ2n) is 1.50. The maximum atomic E-state index is 9.76. The van der Waals surface area contributed by atoms with Crippen molar-refractivity contribution in [3.63, 3.8) is 0 Å². The van der Waals surface area contributed by atoms with Crippen molar-refractivity contribution in [1.29, 1.82) is 0 Å². The van der Waals surface area contributed by atoms with Crippen LogP contribution in [0.3, 0.4) is 0 Å². The number of unbranched alkanes of at least 4 members (excludes halogenated alkanes) is 1. The van der Waals surface area contributed by atoms with E-state index < -0.39 is 5.97 Å². The summed E-state index contributed by atoms with van der Waals surface area (Å²) in [6, 6.07) is 0. The zero-order valence-electron chi connectivity index (χ0n) is 5.30. The van der Waals surface area contributed by atoms with E-state index in [0.29, 0.717) is 6.42 Å². The molecule has 56 valence electrons. The maximum Gasteiger partial charge on any atom is 0.303 e. The van der Waals surface area contributed by atoms with E-state index in [1.165, 1.54) is 0 Å². The predicted molar refractivity (Wildman–Crippen MR) is 35.2 cm³/mol. The summed E-state index contributed by atoms with van der Waals surface area (Å²) < 4.78 is 6.47. The number of hydrogen-bond acceptors (Lipinski definition) is 2. The van der Waals surface area contributed by atoms with Crippen LogP contribution in [0.15, 0.2) is 0 Å². The first-order valence-corrected chi connectivity index (χ1v) is 3.00. The second kappa shape index (κ2) is 10.7. The molecule has 0 aliphatic heterocycles. The van der Waals surface area contributed by atoms with Gasteiger partial charge in [-0.15, -0.1) is 0 Å². The van der Waals surface area contributed by atoms with Crippen LogP contribution in [0.1, 0.15) is 26.2 Å². The van der Waals surface area contributed by atoms with Crippen molar-refractivity contribution in [3.05, 3.63) is 0 Å². The van der Waals surface area contributed by atoms with Crippen LogP contribution in [0, 0.1) is 0 Å². The van der Waals surface area contributed by atoms with Crippen LogP contribution < -0.4 is 0 Å². The van der Waals surface area contributed by atoms with Gasteiger partial charge in [0.05, 0.1) is 11.9 Å². The summed E-state index contributed by atoms with van der Waals surface area (Å²) in [6.07, 6.45) is 2.08. The monoisotopic (exact) mass is 154 g/mol. The largest absolute Gasteiger partial charge is 0.481 e. The van der Waals surface area contributed by atoms with Crippen LogP contribution in [0.5, 0.6) is 0 Å². The Labute approximate surface area is 59.4 Å². The summed E-state index contributed by atoms with van der Waals surface area (Å²) in [5.74, 6) is -0.693. The van der Waals surface area contributed by atoms with Crippen LogP contribution in [-0.4, -0.2) is 15.7 Å². The third-order valence-corrected chi connectivity index (χ3v) is 0.744. The number of aliphatic carboxylic acids is 1. The molecule has 3 nitrogen and oxygen atoms in total. The van der Waals surface area contributed by atoms with Gasteiger partial charge >= 0.3 is 5.97 Å². The van der Waals surface area contributed by atoms with Crippen LogP contribution in [0.4, 0.5) is 0 Å². The molecule has 0 heterocycles. The standard InChI is InChI=1S/C5H10O2.ClHO/c1-2-3-4-5(6)7;1-2/h2-4H2,1H3,(H,6,7);2H. The third kappa shape index (κ3) is 18.3. The van der Waals surface area contributed by atoms with Crippen LogP contribution in [0.25, 0.3) is 0 Å². The summed E-state index contributed by atoms with van der Waals surface area (Å²) in [7, 11) is 0. The van der Waals surface area contributed by atoms with Crippen molar-refractivity contribution in [2.24, 2.45) is 0 Å². The van der Waals surface area contributed by atoms with Crippen molar-refractivity contribution in [2.75, 3.05) is 0 Å². The topological polar surface area (TPSA) is 57.5 Å². The van der Waals surface area contributed by atoms with Gasteiger partial charge in [-0.1, -0.05) is 13.3 Å². The highest BCUT2D eigenvalue weighted by Gasteiger charge is 1.90. The Morgan fingerprint density at radius 1 is 1.56 bits per heavy atom. The van der Waals surface area contributed by atoms with Crippen molar-refractivity contribution >= 4 is 17.8 Å². The van der Waals surface area contributed by atoms with Crippen molar-refractivity contribution in [3.8, 4) is 0 Å². The van der Waals surface area contributed by atoms with Gasteiger partial charge < -0.3 is 5.11 Å². The number of carboxylic acids is 1. The lowest BCUT2D eigenvalue weighted by atomic mass is 10.3. The average molecular weight is 155 g/mol. The number of rotatable bonds is 3. The molecule has 0 aliphatic rings. The molecule has 0 atom stereocenters. The van der Waals surface area contributed by atoms with E-state index in [9.17, 15) is 4.79 Å². The Kier molecular flexibility index (Phi) is 13.6. The Bertz CT molecular complexity index is 65.2. The summed E-state index contributed by atoms with van der Waals surface area (Å²) in [6.45, 7) is 1.98. The Hall–Kier alpha value is -0.280. The highest BCUT2D eigenvalue weighted by Crippen LogP contribution is 1.91. The molecule has 0 radical (unpaired) electrons. The molecule has 0 aliphatic carbocycles. The van der Waals surface area contributed by atoms with E-state index in [2.05, 4.69) is 11.9 Å². The summed E-state index contributed by atoms with van der Waals surface area (Å²) in [4.78, 5) is 9.76. The van der Waals surface area contributed by atoms with E-state index in [1.54, 1.807) is 0 Å². The molecule has 0 amide bonds. The van der Waals surface area contributed by atoms with E-state index in [-0.39, 0.29) is 0 Å². The smallest absolute Gasteiger partial charge is 0.303 e. The van der Waals surface area contributed by atoms with Gasteiger partial charge in [0.15, 0.2) is 0 Å². The zero-order chi connectivity index (χ0) is 7.70. The molecule has 0 rings (SSSR count). The Morgan fingerprint density at radius 3 is 2.11 bits per heavy atom. The molecule has 0 aromatic rings. The molecule has 0 aromatic heterocycles. The maximum absolute atomic E-state index is 9.76. The minimum Gasteiger partial charge on any atom is -0.481 e. The molecule has 0 fully saturated rings. The fourth-order valence-electron chi connectivity index (χ4n) is 0.328. The minimum atomic E-state index is -0.693. The molecule has 0 saturated carbocycles. The second-order valence-corrected chi connectivity index (χ2v) is 1.50. The van der Waals surface area contributed by atoms with Crippen molar-refractivity contribution in [2.45, 2.75) is 26.2 Å². The summed E-state index contributed by atoms with van der Waals surface area (Å²) in [5, 5.41) is 8.04. The normalized spacial score (nSPS) is 7.44. The van der Waals surface area contributed by atoms with Gasteiger partial charge in [-0.3, -0.25) is 9.45 Å². The SMILES string of the molecule is CCCCC(=O)O.OCl. The highest BCUT2D eigenvalue weighted by molar-refractivity contribution is 6.04. The molecule has 0 spiro atoms. The number of carboxylic acid groups (broad SMARTS) is 1. The number of carbonyl (C=O) groups is 1. The lowest BCUT2D eigenvalue weighted by Gasteiger charge is -1.85. The summed E-state index contributed by atoms with van der Waals surface area (Å²) in [5.41, 5.74) is 0. The molecule has 4 heteroatoms. The number of halogens is 1. The van der Waals surface area contributed by atoms with Crippen LogP contribution in [0.2, 0.25) is 0 Å². The van der Waals surface area contributed by atoms with E-state index >= 15 is 0 Å². The zero-order valence-corrected chi connectivity index (χ0v) is 6.06. The fourth-order valence-corrected chi connectivity index (χ4v) is 0.328. The van der Waals surface area contributed by atoms with Gasteiger partial charge in [0.2, 0.25) is 0 Å². The minimum absolute atomic E-state index is 0.316. The molecule has 9 heavy (non-hydrogen) atoms. The average Bonchev–Trinajstić information content (AvgIpc) is 1.88. The first-order valence-electron chi connectivity index (χ1n) is 2.66. The van der Waals surface area contributed by atoms with Gasteiger partial charge in [-0.2, -0.15) is 0 Å². The first kappa shape index (κ1) is 11.5. The van der Waals surface area contributed by atoms with Gasteiger partial charge in [-0.25, -0.2) is 0 Å². The van der Waals surface area contributed by atoms with Crippen molar-refractivity contribution < 1.29 is 14.6 Å².